The van der Waals surface area contributed by atoms with Gasteiger partial charge in [0.15, 0.2) is 0 Å². The highest BCUT2D eigenvalue weighted by Crippen LogP contribution is 2.27. The highest BCUT2D eigenvalue weighted by atomic mass is 32.2. The zero-order chi connectivity index (χ0) is 20.0. The Bertz CT molecular complexity index is 987. The maximum atomic E-state index is 12.0. The van der Waals surface area contributed by atoms with Crippen molar-refractivity contribution in [3.63, 3.8) is 0 Å². The minimum Gasteiger partial charge on any atom is -0.384 e. The first-order valence-corrected chi connectivity index (χ1v) is 11.3. The quantitative estimate of drug-likeness (QED) is 0.723. The number of nitrogens with one attached hydrogen (secondary N) is 1. The van der Waals surface area contributed by atoms with Gasteiger partial charge in [0.05, 0.1) is 11.8 Å². The Hall–Kier alpha value is -2.43. The summed E-state index contributed by atoms with van der Waals surface area (Å²) in [6.07, 6.45) is 9.44. The van der Waals surface area contributed by atoms with Crippen LogP contribution in [-0.2, 0) is 16.4 Å². The molecule has 0 amide bonds. The SMILES string of the molecule is CCS(=O)(=O)N1CCC(CNc2cc(C/C=C/C#N)cc3ccncc23)CC1. The fourth-order valence-electron chi connectivity index (χ4n) is 3.60. The van der Waals surface area contributed by atoms with Crippen LogP contribution in [0.3, 0.4) is 0 Å². The predicted octanol–water partition coefficient (Wildman–Crippen LogP) is 3.33. The number of rotatable bonds is 7. The number of allylic oxidation sites excluding steroid dienone is 2. The number of sulfonamides is 1. The lowest BCUT2D eigenvalue weighted by Gasteiger charge is -2.31. The van der Waals surface area contributed by atoms with Crippen molar-refractivity contribution in [2.24, 2.45) is 5.92 Å². The summed E-state index contributed by atoms with van der Waals surface area (Å²) < 4.78 is 25.6. The van der Waals surface area contributed by atoms with E-state index >= 15 is 0 Å². The summed E-state index contributed by atoms with van der Waals surface area (Å²) in [5.41, 5.74) is 2.17. The minimum absolute atomic E-state index is 0.169. The van der Waals surface area contributed by atoms with Crippen LogP contribution in [0.25, 0.3) is 10.8 Å². The van der Waals surface area contributed by atoms with Crippen LogP contribution in [0.4, 0.5) is 5.69 Å². The summed E-state index contributed by atoms with van der Waals surface area (Å²) in [5, 5.41) is 14.4. The maximum Gasteiger partial charge on any atom is 0.213 e. The normalized spacial score (nSPS) is 16.4. The zero-order valence-corrected chi connectivity index (χ0v) is 17.0. The van der Waals surface area contributed by atoms with Gasteiger partial charge in [-0.3, -0.25) is 4.98 Å². The molecule has 0 aliphatic carbocycles. The van der Waals surface area contributed by atoms with Crippen LogP contribution in [0.1, 0.15) is 25.3 Å². The first-order valence-electron chi connectivity index (χ1n) is 9.66. The summed E-state index contributed by atoms with van der Waals surface area (Å²) in [7, 11) is -3.08. The number of fused-ring (bicyclic) bond motifs is 1. The topological polar surface area (TPSA) is 86.1 Å². The van der Waals surface area contributed by atoms with E-state index in [1.54, 1.807) is 17.4 Å². The van der Waals surface area contributed by atoms with E-state index in [9.17, 15) is 8.42 Å². The third kappa shape index (κ3) is 4.89. The average molecular weight is 399 g/mol. The Kier molecular flexibility index (Phi) is 6.65. The van der Waals surface area contributed by atoms with Crippen molar-refractivity contribution in [1.82, 2.24) is 9.29 Å². The fourth-order valence-corrected chi connectivity index (χ4v) is 4.73. The summed E-state index contributed by atoms with van der Waals surface area (Å²) in [4.78, 5) is 4.25. The second-order valence-electron chi connectivity index (χ2n) is 7.10. The standard InChI is InChI=1S/C21H26N4O2S/c1-2-28(26,27)25-11-7-17(8-12-25)15-24-21-14-18(5-3-4-9-22)13-19-6-10-23-16-20(19)21/h3-4,6,10,13-14,16-17,24H,2,5,7-8,11-12,15H2,1H3/b4-3+. The van der Waals surface area contributed by atoms with E-state index < -0.39 is 10.0 Å². The molecular formula is C21H26N4O2S. The van der Waals surface area contributed by atoms with Crippen molar-refractivity contribution in [1.29, 1.82) is 5.26 Å². The van der Waals surface area contributed by atoms with Gasteiger partial charge in [-0.1, -0.05) is 12.1 Å². The van der Waals surface area contributed by atoms with E-state index in [0.717, 1.165) is 41.4 Å². The maximum absolute atomic E-state index is 12.0. The first kappa shape index (κ1) is 20.3. The third-order valence-electron chi connectivity index (χ3n) is 5.27. The van der Waals surface area contributed by atoms with E-state index in [1.165, 1.54) is 6.08 Å². The van der Waals surface area contributed by atoms with Gasteiger partial charge in [0.25, 0.3) is 0 Å². The number of hydrogen-bond acceptors (Lipinski definition) is 5. The highest BCUT2D eigenvalue weighted by Gasteiger charge is 2.26. The number of pyridine rings is 1. The molecule has 1 saturated heterocycles. The largest absolute Gasteiger partial charge is 0.384 e. The van der Waals surface area contributed by atoms with Gasteiger partial charge >= 0.3 is 0 Å². The van der Waals surface area contributed by atoms with Crippen LogP contribution >= 0.6 is 0 Å². The Morgan fingerprint density at radius 3 is 2.86 bits per heavy atom. The number of piperidine rings is 1. The summed E-state index contributed by atoms with van der Waals surface area (Å²) in [6.45, 7) is 3.70. The molecule has 2 heterocycles. The average Bonchev–Trinajstić information content (AvgIpc) is 2.72. The molecule has 1 fully saturated rings. The molecule has 28 heavy (non-hydrogen) atoms. The number of anilines is 1. The first-order chi connectivity index (χ1) is 13.5. The number of benzene rings is 1. The molecule has 0 saturated carbocycles. The van der Waals surface area contributed by atoms with Gasteiger partial charge < -0.3 is 5.32 Å². The van der Waals surface area contributed by atoms with E-state index in [0.29, 0.717) is 25.4 Å². The molecule has 1 N–H and O–H groups in total. The smallest absolute Gasteiger partial charge is 0.213 e. The van der Waals surface area contributed by atoms with Gasteiger partial charge in [0.1, 0.15) is 0 Å². The molecule has 0 bridgehead atoms. The molecule has 1 aromatic heterocycles. The lowest BCUT2D eigenvalue weighted by atomic mass is 9.97. The third-order valence-corrected chi connectivity index (χ3v) is 7.16. The molecule has 3 rings (SSSR count). The molecule has 2 aromatic rings. The minimum atomic E-state index is -3.08. The molecule has 0 atom stereocenters. The van der Waals surface area contributed by atoms with Gasteiger partial charge in [-0.2, -0.15) is 5.26 Å². The van der Waals surface area contributed by atoms with Crippen LogP contribution in [0, 0.1) is 17.2 Å². The lowest BCUT2D eigenvalue weighted by Crippen LogP contribution is -2.40. The van der Waals surface area contributed by atoms with E-state index in [-0.39, 0.29) is 5.75 Å². The van der Waals surface area contributed by atoms with Gasteiger partial charge in [-0.05, 0) is 55.2 Å². The number of nitrogens with zero attached hydrogens (tertiary/aromatic N) is 3. The zero-order valence-electron chi connectivity index (χ0n) is 16.1. The number of aromatic nitrogens is 1. The molecule has 148 valence electrons. The van der Waals surface area contributed by atoms with Gasteiger partial charge in [-0.25, -0.2) is 12.7 Å². The van der Waals surface area contributed by atoms with Crippen LogP contribution in [0.2, 0.25) is 0 Å². The van der Waals surface area contributed by atoms with E-state index in [4.69, 9.17) is 5.26 Å². The van der Waals surface area contributed by atoms with Gasteiger partial charge in [-0.15, -0.1) is 0 Å². The monoisotopic (exact) mass is 398 g/mol. The van der Waals surface area contributed by atoms with Crippen molar-refractivity contribution in [2.45, 2.75) is 26.2 Å². The molecule has 1 aliphatic rings. The summed E-state index contributed by atoms with van der Waals surface area (Å²) >= 11 is 0. The van der Waals surface area contributed by atoms with Crippen LogP contribution in [0.5, 0.6) is 0 Å². The second kappa shape index (κ2) is 9.18. The fraction of sp³-hybridized carbons (Fsp3) is 0.429. The van der Waals surface area contributed by atoms with Crippen LogP contribution in [-0.4, -0.2) is 43.1 Å². The molecule has 1 aliphatic heterocycles. The van der Waals surface area contributed by atoms with Crippen molar-refractivity contribution in [3.05, 3.63) is 48.3 Å². The molecular weight excluding hydrogens is 372 g/mol. The molecule has 7 heteroatoms. The highest BCUT2D eigenvalue weighted by molar-refractivity contribution is 7.89. The lowest BCUT2D eigenvalue weighted by molar-refractivity contribution is 0.282. The molecule has 6 nitrogen and oxygen atoms in total. The van der Waals surface area contributed by atoms with E-state index in [2.05, 4.69) is 22.4 Å². The molecule has 1 aromatic carbocycles. The summed E-state index contributed by atoms with van der Waals surface area (Å²) in [6, 6.07) is 8.25. The van der Waals surface area contributed by atoms with Crippen LogP contribution < -0.4 is 5.32 Å². The Morgan fingerprint density at radius 1 is 1.36 bits per heavy atom. The number of hydrogen-bond donors (Lipinski definition) is 1. The van der Waals surface area contributed by atoms with Crippen molar-refractivity contribution in [2.75, 3.05) is 30.7 Å². The van der Waals surface area contributed by atoms with Crippen LogP contribution in [0.15, 0.2) is 42.7 Å². The van der Waals surface area contributed by atoms with Gasteiger partial charge in [0, 0.05) is 49.2 Å². The predicted molar refractivity (Wildman–Crippen MR) is 112 cm³/mol. The number of nitriles is 1. The molecule has 0 radical (unpaired) electrons. The molecule has 0 spiro atoms. The van der Waals surface area contributed by atoms with Gasteiger partial charge in [0.2, 0.25) is 10.0 Å². The van der Waals surface area contributed by atoms with Crippen molar-refractivity contribution < 1.29 is 8.42 Å². The Labute approximate surface area is 166 Å². The van der Waals surface area contributed by atoms with Crippen molar-refractivity contribution >= 4 is 26.5 Å². The summed E-state index contributed by atoms with van der Waals surface area (Å²) in [5.74, 6) is 0.610. The Balaban J connectivity index is 1.69. The second-order valence-corrected chi connectivity index (χ2v) is 9.36. The molecule has 0 unspecified atom stereocenters. The van der Waals surface area contributed by atoms with Crippen molar-refractivity contribution in [3.8, 4) is 6.07 Å². The van der Waals surface area contributed by atoms with E-state index in [1.807, 2.05) is 24.4 Å². The Morgan fingerprint density at radius 2 is 2.14 bits per heavy atom.